The highest BCUT2D eigenvalue weighted by molar-refractivity contribution is 6.10. The summed E-state index contributed by atoms with van der Waals surface area (Å²) in [4.78, 5) is 46.9. The standard InChI is InChI=1S/C22H25N5O3/c28-20-16-27(19-6-2-1-5-18(19)24-20)22(30)8-7-21(29)26-12-10-25(11-13-26)15-17-4-3-9-23-14-17/h1-6,9,14H,7-8,10-13,15-16H2,(H,24,28). The van der Waals surface area contributed by atoms with Gasteiger partial charge in [-0.3, -0.25) is 24.3 Å². The summed E-state index contributed by atoms with van der Waals surface area (Å²) in [6.45, 7) is 3.72. The maximum Gasteiger partial charge on any atom is 0.244 e. The van der Waals surface area contributed by atoms with E-state index in [2.05, 4.69) is 21.3 Å². The molecule has 0 aliphatic carbocycles. The van der Waals surface area contributed by atoms with E-state index in [-0.39, 0.29) is 37.1 Å². The first-order chi connectivity index (χ1) is 14.6. The van der Waals surface area contributed by atoms with Crippen LogP contribution in [0.1, 0.15) is 18.4 Å². The van der Waals surface area contributed by atoms with Crippen LogP contribution in [0.15, 0.2) is 48.8 Å². The summed E-state index contributed by atoms with van der Waals surface area (Å²) in [7, 11) is 0. The zero-order chi connectivity index (χ0) is 20.9. The lowest BCUT2D eigenvalue weighted by Gasteiger charge is -2.35. The molecule has 0 unspecified atom stereocenters. The predicted molar refractivity (Wildman–Crippen MR) is 113 cm³/mol. The molecule has 1 N–H and O–H groups in total. The summed E-state index contributed by atoms with van der Waals surface area (Å²) < 4.78 is 0. The average molecular weight is 407 g/mol. The Morgan fingerprint density at radius 3 is 2.50 bits per heavy atom. The van der Waals surface area contributed by atoms with Gasteiger partial charge in [0.15, 0.2) is 0 Å². The first-order valence-corrected chi connectivity index (χ1v) is 10.2. The lowest BCUT2D eigenvalue weighted by molar-refractivity contribution is -0.134. The van der Waals surface area contributed by atoms with Gasteiger partial charge in [0.25, 0.3) is 0 Å². The molecule has 0 radical (unpaired) electrons. The number of benzene rings is 1. The molecule has 1 aromatic heterocycles. The Morgan fingerprint density at radius 1 is 0.967 bits per heavy atom. The van der Waals surface area contributed by atoms with Gasteiger partial charge in [0.2, 0.25) is 17.7 Å². The van der Waals surface area contributed by atoms with Gasteiger partial charge < -0.3 is 15.1 Å². The maximum atomic E-state index is 12.7. The molecule has 8 heteroatoms. The van der Waals surface area contributed by atoms with E-state index in [9.17, 15) is 14.4 Å². The monoisotopic (exact) mass is 407 g/mol. The van der Waals surface area contributed by atoms with Crippen LogP contribution >= 0.6 is 0 Å². The molecular weight excluding hydrogens is 382 g/mol. The number of para-hydroxylation sites is 2. The van der Waals surface area contributed by atoms with Crippen molar-refractivity contribution in [2.45, 2.75) is 19.4 Å². The molecule has 0 atom stereocenters. The van der Waals surface area contributed by atoms with Crippen LogP contribution in [0.2, 0.25) is 0 Å². The van der Waals surface area contributed by atoms with Crippen molar-refractivity contribution in [3.8, 4) is 0 Å². The number of pyridine rings is 1. The highest BCUT2D eigenvalue weighted by Crippen LogP contribution is 2.29. The van der Waals surface area contributed by atoms with E-state index >= 15 is 0 Å². The van der Waals surface area contributed by atoms with Crippen molar-refractivity contribution in [3.05, 3.63) is 54.4 Å². The fraction of sp³-hybridized carbons (Fsp3) is 0.364. The van der Waals surface area contributed by atoms with Crippen molar-refractivity contribution in [1.29, 1.82) is 0 Å². The van der Waals surface area contributed by atoms with Gasteiger partial charge in [-0.25, -0.2) is 0 Å². The predicted octanol–water partition coefficient (Wildman–Crippen LogP) is 1.49. The van der Waals surface area contributed by atoms with Gasteiger partial charge in [-0.2, -0.15) is 0 Å². The molecule has 0 bridgehead atoms. The summed E-state index contributed by atoms with van der Waals surface area (Å²) in [6.07, 6.45) is 3.87. The number of anilines is 2. The number of rotatable bonds is 5. The van der Waals surface area contributed by atoms with Crippen molar-refractivity contribution in [3.63, 3.8) is 0 Å². The highest BCUT2D eigenvalue weighted by atomic mass is 16.2. The lowest BCUT2D eigenvalue weighted by atomic mass is 10.1. The van der Waals surface area contributed by atoms with E-state index in [1.54, 1.807) is 18.3 Å². The van der Waals surface area contributed by atoms with E-state index in [1.165, 1.54) is 4.90 Å². The Bertz CT molecular complexity index is 925. The normalized spacial score (nSPS) is 16.7. The van der Waals surface area contributed by atoms with E-state index in [1.807, 2.05) is 29.3 Å². The second-order valence-corrected chi connectivity index (χ2v) is 7.56. The SMILES string of the molecule is O=C1CN(C(=O)CCC(=O)N2CCN(Cc3cccnc3)CC2)c2ccccc2N1. The largest absolute Gasteiger partial charge is 0.340 e. The number of nitrogens with one attached hydrogen (secondary N) is 1. The molecule has 1 aromatic carbocycles. The molecule has 2 aliphatic heterocycles. The first-order valence-electron chi connectivity index (χ1n) is 10.2. The summed E-state index contributed by atoms with van der Waals surface area (Å²) >= 11 is 0. The summed E-state index contributed by atoms with van der Waals surface area (Å²) in [6, 6.07) is 11.2. The van der Waals surface area contributed by atoms with Gasteiger partial charge in [0.05, 0.1) is 11.4 Å². The number of carbonyl (C=O) groups is 3. The molecule has 0 saturated carbocycles. The number of hydrogen-bond donors (Lipinski definition) is 1. The van der Waals surface area contributed by atoms with Gasteiger partial charge in [-0.05, 0) is 23.8 Å². The van der Waals surface area contributed by atoms with Gasteiger partial charge in [-0.15, -0.1) is 0 Å². The fourth-order valence-corrected chi connectivity index (χ4v) is 3.87. The second-order valence-electron chi connectivity index (χ2n) is 7.56. The van der Waals surface area contributed by atoms with Crippen LogP contribution in [0.5, 0.6) is 0 Å². The molecule has 0 spiro atoms. The van der Waals surface area contributed by atoms with Crippen LogP contribution in [0.4, 0.5) is 11.4 Å². The lowest BCUT2D eigenvalue weighted by Crippen LogP contribution is -2.48. The Morgan fingerprint density at radius 2 is 1.73 bits per heavy atom. The zero-order valence-electron chi connectivity index (χ0n) is 16.8. The summed E-state index contributed by atoms with van der Waals surface area (Å²) in [5, 5.41) is 2.77. The topological polar surface area (TPSA) is 85.9 Å². The number of amides is 3. The molecule has 4 rings (SSSR count). The molecule has 2 aromatic rings. The van der Waals surface area contributed by atoms with Gasteiger partial charge in [0.1, 0.15) is 6.54 Å². The maximum absolute atomic E-state index is 12.7. The van der Waals surface area contributed by atoms with Crippen molar-refractivity contribution < 1.29 is 14.4 Å². The minimum absolute atomic E-state index is 0.0147. The van der Waals surface area contributed by atoms with E-state index in [0.29, 0.717) is 24.5 Å². The smallest absolute Gasteiger partial charge is 0.244 e. The Hall–Kier alpha value is -3.26. The number of piperazine rings is 1. The number of carbonyl (C=O) groups excluding carboxylic acids is 3. The Balaban J connectivity index is 1.26. The Kier molecular flexibility index (Phi) is 6.04. The molecule has 1 saturated heterocycles. The zero-order valence-corrected chi connectivity index (χ0v) is 16.8. The number of hydrogen-bond acceptors (Lipinski definition) is 5. The summed E-state index contributed by atoms with van der Waals surface area (Å²) in [5.41, 5.74) is 2.46. The summed E-state index contributed by atoms with van der Waals surface area (Å²) in [5.74, 6) is -0.446. The average Bonchev–Trinajstić information content (AvgIpc) is 2.78. The molecule has 2 aliphatic rings. The fourth-order valence-electron chi connectivity index (χ4n) is 3.87. The van der Waals surface area contributed by atoms with Crippen LogP contribution in [-0.4, -0.2) is 65.2 Å². The van der Waals surface area contributed by atoms with E-state index in [0.717, 1.165) is 25.2 Å². The second kappa shape index (κ2) is 9.04. The highest BCUT2D eigenvalue weighted by Gasteiger charge is 2.28. The van der Waals surface area contributed by atoms with Crippen LogP contribution in [0.3, 0.4) is 0 Å². The van der Waals surface area contributed by atoms with Crippen molar-refractivity contribution in [1.82, 2.24) is 14.8 Å². The Labute approximate surface area is 175 Å². The van der Waals surface area contributed by atoms with E-state index < -0.39 is 0 Å². The molecule has 156 valence electrons. The molecular formula is C22H25N5O3. The van der Waals surface area contributed by atoms with Gasteiger partial charge >= 0.3 is 0 Å². The van der Waals surface area contributed by atoms with Gasteiger partial charge in [0, 0.05) is 58.0 Å². The molecule has 1 fully saturated rings. The number of fused-ring (bicyclic) bond motifs is 1. The van der Waals surface area contributed by atoms with Crippen LogP contribution in [0, 0.1) is 0 Å². The van der Waals surface area contributed by atoms with E-state index in [4.69, 9.17) is 0 Å². The molecule has 8 nitrogen and oxygen atoms in total. The van der Waals surface area contributed by atoms with Crippen molar-refractivity contribution >= 4 is 29.1 Å². The van der Waals surface area contributed by atoms with Crippen molar-refractivity contribution in [2.75, 3.05) is 42.9 Å². The van der Waals surface area contributed by atoms with Crippen LogP contribution in [0.25, 0.3) is 0 Å². The third-order valence-corrected chi connectivity index (χ3v) is 5.48. The number of aromatic nitrogens is 1. The van der Waals surface area contributed by atoms with Crippen LogP contribution in [-0.2, 0) is 20.9 Å². The minimum atomic E-state index is -0.224. The number of nitrogens with zero attached hydrogens (tertiary/aromatic N) is 4. The van der Waals surface area contributed by atoms with Gasteiger partial charge in [-0.1, -0.05) is 18.2 Å². The molecule has 3 amide bonds. The quantitative estimate of drug-likeness (QED) is 0.812. The molecule has 3 heterocycles. The van der Waals surface area contributed by atoms with Crippen molar-refractivity contribution in [2.24, 2.45) is 0 Å². The third-order valence-electron chi connectivity index (χ3n) is 5.48. The molecule has 30 heavy (non-hydrogen) atoms. The first kappa shape index (κ1) is 20.0. The third kappa shape index (κ3) is 4.65. The minimum Gasteiger partial charge on any atom is -0.340 e. The van der Waals surface area contributed by atoms with Crippen LogP contribution < -0.4 is 10.2 Å².